The second-order valence-corrected chi connectivity index (χ2v) is 9.59. The fraction of sp³-hybridized carbons (Fsp3) is 0.333. The highest BCUT2D eigenvalue weighted by Gasteiger charge is 2.32. The quantitative estimate of drug-likeness (QED) is 0.514. The summed E-state index contributed by atoms with van der Waals surface area (Å²) in [7, 11) is -3.76. The SMILES string of the molecule is Cc1cc(F)ccc1S(=O)(=O)N1CCN(Cc2nc(-c3cccc(C(F)(F)F)c3)no2)CC1. The van der Waals surface area contributed by atoms with Crippen LogP contribution < -0.4 is 0 Å². The second kappa shape index (κ2) is 8.84. The molecule has 0 aliphatic carbocycles. The summed E-state index contributed by atoms with van der Waals surface area (Å²) in [6, 6.07) is 8.22. The van der Waals surface area contributed by atoms with Gasteiger partial charge >= 0.3 is 6.18 Å². The zero-order chi connectivity index (χ0) is 23.8. The van der Waals surface area contributed by atoms with Crippen molar-refractivity contribution in [3.05, 3.63) is 65.3 Å². The molecule has 7 nitrogen and oxygen atoms in total. The maximum Gasteiger partial charge on any atom is 0.416 e. The summed E-state index contributed by atoms with van der Waals surface area (Å²) in [4.78, 5) is 6.16. The molecule has 0 spiro atoms. The normalized spacial score (nSPS) is 16.3. The van der Waals surface area contributed by atoms with Crippen molar-refractivity contribution in [2.24, 2.45) is 0 Å². The Morgan fingerprint density at radius 2 is 1.79 bits per heavy atom. The van der Waals surface area contributed by atoms with Gasteiger partial charge in [0.25, 0.3) is 0 Å². The average Bonchev–Trinajstić information content (AvgIpc) is 3.22. The van der Waals surface area contributed by atoms with Crippen LogP contribution in [0.15, 0.2) is 51.9 Å². The molecule has 1 fully saturated rings. The molecular weight excluding hydrogens is 464 g/mol. The summed E-state index contributed by atoms with van der Waals surface area (Å²) in [6.07, 6.45) is -4.48. The van der Waals surface area contributed by atoms with E-state index in [2.05, 4.69) is 10.1 Å². The number of nitrogens with zero attached hydrogens (tertiary/aromatic N) is 4. The van der Waals surface area contributed by atoms with E-state index in [-0.39, 0.29) is 41.8 Å². The molecule has 2 aromatic carbocycles. The lowest BCUT2D eigenvalue weighted by Gasteiger charge is -2.33. The first kappa shape index (κ1) is 23.3. The van der Waals surface area contributed by atoms with E-state index in [0.717, 1.165) is 18.2 Å². The minimum Gasteiger partial charge on any atom is -0.338 e. The Morgan fingerprint density at radius 1 is 1.06 bits per heavy atom. The first-order valence-electron chi connectivity index (χ1n) is 10.0. The van der Waals surface area contributed by atoms with Crippen molar-refractivity contribution in [1.29, 1.82) is 0 Å². The van der Waals surface area contributed by atoms with Gasteiger partial charge in [-0.15, -0.1) is 0 Å². The van der Waals surface area contributed by atoms with Crippen LogP contribution in [0.5, 0.6) is 0 Å². The largest absolute Gasteiger partial charge is 0.416 e. The van der Waals surface area contributed by atoms with Crippen molar-refractivity contribution >= 4 is 10.0 Å². The Kier molecular flexibility index (Phi) is 6.25. The highest BCUT2D eigenvalue weighted by atomic mass is 32.2. The van der Waals surface area contributed by atoms with Crippen molar-refractivity contribution < 1.29 is 30.5 Å². The summed E-state index contributed by atoms with van der Waals surface area (Å²) in [5, 5.41) is 3.77. The lowest BCUT2D eigenvalue weighted by atomic mass is 10.1. The number of rotatable bonds is 5. The van der Waals surface area contributed by atoms with Crippen molar-refractivity contribution in [3.8, 4) is 11.4 Å². The summed E-state index contributed by atoms with van der Waals surface area (Å²) < 4.78 is 84.5. The van der Waals surface area contributed by atoms with E-state index in [4.69, 9.17) is 4.52 Å². The molecule has 0 amide bonds. The molecule has 3 aromatic rings. The van der Waals surface area contributed by atoms with Crippen LogP contribution in [0.4, 0.5) is 17.6 Å². The van der Waals surface area contributed by atoms with Gasteiger partial charge in [-0.05, 0) is 42.8 Å². The van der Waals surface area contributed by atoms with Crippen LogP contribution in [0.1, 0.15) is 17.0 Å². The van der Waals surface area contributed by atoms with Gasteiger partial charge < -0.3 is 4.52 Å². The monoisotopic (exact) mass is 484 g/mol. The first-order chi connectivity index (χ1) is 15.5. The first-order valence-corrected chi connectivity index (χ1v) is 11.5. The van der Waals surface area contributed by atoms with Crippen LogP contribution in [0.3, 0.4) is 0 Å². The Labute approximate surface area is 187 Å². The predicted octanol–water partition coefficient (Wildman–Crippen LogP) is 3.71. The van der Waals surface area contributed by atoms with Crippen molar-refractivity contribution in [2.75, 3.05) is 26.2 Å². The number of aryl methyl sites for hydroxylation is 1. The second-order valence-electron chi connectivity index (χ2n) is 7.68. The van der Waals surface area contributed by atoms with E-state index in [1.165, 1.54) is 28.6 Å². The van der Waals surface area contributed by atoms with E-state index in [9.17, 15) is 26.0 Å². The number of hydrogen-bond acceptors (Lipinski definition) is 6. The summed E-state index contributed by atoms with van der Waals surface area (Å²) in [6.45, 7) is 2.99. The molecular formula is C21H20F4N4O3S. The minimum absolute atomic E-state index is 0.0455. The third kappa shape index (κ3) is 5.07. The van der Waals surface area contributed by atoms with Gasteiger partial charge in [-0.3, -0.25) is 4.90 Å². The van der Waals surface area contributed by atoms with Crippen molar-refractivity contribution in [2.45, 2.75) is 24.5 Å². The van der Waals surface area contributed by atoms with Crippen LogP contribution >= 0.6 is 0 Å². The van der Waals surface area contributed by atoms with Crippen LogP contribution in [-0.4, -0.2) is 53.9 Å². The molecule has 176 valence electrons. The lowest BCUT2D eigenvalue weighted by molar-refractivity contribution is -0.137. The van der Waals surface area contributed by atoms with Gasteiger partial charge in [0.15, 0.2) is 0 Å². The molecule has 0 saturated carbocycles. The molecule has 1 saturated heterocycles. The maximum atomic E-state index is 13.3. The van der Waals surface area contributed by atoms with Gasteiger partial charge in [0.1, 0.15) is 5.82 Å². The average molecular weight is 484 g/mol. The number of alkyl halides is 3. The molecule has 1 aliphatic heterocycles. The van der Waals surface area contributed by atoms with Gasteiger partial charge in [0, 0.05) is 31.7 Å². The molecule has 0 unspecified atom stereocenters. The Morgan fingerprint density at radius 3 is 2.45 bits per heavy atom. The van der Waals surface area contributed by atoms with Crippen molar-refractivity contribution in [3.63, 3.8) is 0 Å². The molecule has 4 rings (SSSR count). The standard InChI is InChI=1S/C21H20F4N4O3S/c1-14-11-17(22)5-6-18(14)33(30,31)29-9-7-28(8-10-29)13-19-26-20(27-32-19)15-3-2-4-16(12-15)21(23,24)25/h2-6,11-12H,7-10,13H2,1H3. The zero-order valence-corrected chi connectivity index (χ0v) is 18.3. The Hall–Kier alpha value is -2.83. The number of hydrogen-bond donors (Lipinski definition) is 0. The van der Waals surface area contributed by atoms with E-state index >= 15 is 0 Å². The number of aromatic nitrogens is 2. The van der Waals surface area contributed by atoms with Gasteiger partial charge in [-0.25, -0.2) is 12.8 Å². The summed E-state index contributed by atoms with van der Waals surface area (Å²) >= 11 is 0. The smallest absolute Gasteiger partial charge is 0.338 e. The summed E-state index contributed by atoms with van der Waals surface area (Å²) in [5.74, 6) is -0.238. The number of sulfonamides is 1. The number of halogens is 4. The van der Waals surface area contributed by atoms with Crippen molar-refractivity contribution in [1.82, 2.24) is 19.3 Å². The predicted molar refractivity (Wildman–Crippen MR) is 110 cm³/mol. The number of benzene rings is 2. The van der Waals surface area contributed by atoms with Gasteiger partial charge in [0.05, 0.1) is 17.0 Å². The molecule has 12 heteroatoms. The van der Waals surface area contributed by atoms with Gasteiger partial charge in [-0.2, -0.15) is 22.5 Å². The molecule has 0 radical (unpaired) electrons. The zero-order valence-electron chi connectivity index (χ0n) is 17.5. The molecule has 33 heavy (non-hydrogen) atoms. The number of piperazine rings is 1. The maximum absolute atomic E-state index is 13.3. The highest BCUT2D eigenvalue weighted by Crippen LogP contribution is 2.31. The fourth-order valence-corrected chi connectivity index (χ4v) is 5.26. The van der Waals surface area contributed by atoms with Crippen LogP contribution in [0.2, 0.25) is 0 Å². The molecule has 1 aromatic heterocycles. The lowest BCUT2D eigenvalue weighted by Crippen LogP contribution is -2.48. The highest BCUT2D eigenvalue weighted by molar-refractivity contribution is 7.89. The van der Waals surface area contributed by atoms with E-state index in [0.29, 0.717) is 18.7 Å². The topological polar surface area (TPSA) is 79.5 Å². The third-order valence-corrected chi connectivity index (χ3v) is 7.42. The fourth-order valence-electron chi connectivity index (χ4n) is 3.63. The van der Waals surface area contributed by atoms with Crippen LogP contribution in [-0.2, 0) is 22.7 Å². The Balaban J connectivity index is 1.40. The minimum atomic E-state index is -4.48. The van der Waals surface area contributed by atoms with E-state index < -0.39 is 27.6 Å². The van der Waals surface area contributed by atoms with E-state index in [1.54, 1.807) is 6.92 Å². The molecule has 0 atom stereocenters. The molecule has 0 N–H and O–H groups in total. The van der Waals surface area contributed by atoms with Gasteiger partial charge in [-0.1, -0.05) is 17.3 Å². The van der Waals surface area contributed by atoms with E-state index in [1.807, 2.05) is 4.90 Å². The van der Waals surface area contributed by atoms with Crippen LogP contribution in [0.25, 0.3) is 11.4 Å². The molecule has 2 heterocycles. The van der Waals surface area contributed by atoms with Gasteiger partial charge in [0.2, 0.25) is 21.7 Å². The van der Waals surface area contributed by atoms with Crippen LogP contribution in [0, 0.1) is 12.7 Å². The molecule has 1 aliphatic rings. The Bertz CT molecular complexity index is 1250. The molecule has 0 bridgehead atoms. The third-order valence-electron chi connectivity index (χ3n) is 5.36. The summed E-state index contributed by atoms with van der Waals surface area (Å²) in [5.41, 5.74) is -0.282.